The number of carbonyl (C=O) groups excluding carboxylic acids is 4. The molecule has 0 aliphatic carbocycles. The molecule has 0 spiro atoms. The molecule has 1 atom stereocenters. The lowest BCUT2D eigenvalue weighted by Gasteiger charge is -2.27. The molecule has 2 aromatic rings. The van der Waals surface area contributed by atoms with Crippen LogP contribution in [0.2, 0.25) is 0 Å². The van der Waals surface area contributed by atoms with Crippen LogP contribution in [0.1, 0.15) is 39.1 Å². The van der Waals surface area contributed by atoms with Gasteiger partial charge in [0.15, 0.2) is 0 Å². The number of piperidine rings is 1. The summed E-state index contributed by atoms with van der Waals surface area (Å²) < 4.78 is 14.7. The number of fused-ring (bicyclic) bond motifs is 1. The van der Waals surface area contributed by atoms with Crippen LogP contribution in [-0.4, -0.2) is 46.6 Å². The maximum absolute atomic E-state index is 14.7. The van der Waals surface area contributed by atoms with E-state index in [9.17, 15) is 23.6 Å². The Hall–Kier alpha value is -3.62. The van der Waals surface area contributed by atoms with E-state index < -0.39 is 35.5 Å². The zero-order valence-corrected chi connectivity index (χ0v) is 15.5. The minimum Gasteiger partial charge on any atom is -0.368 e. The molecule has 9 heteroatoms. The second kappa shape index (κ2) is 7.08. The first-order valence-electron chi connectivity index (χ1n) is 9.02. The molecule has 1 saturated heterocycles. The first-order chi connectivity index (χ1) is 13.9. The summed E-state index contributed by atoms with van der Waals surface area (Å²) in [5.74, 6) is -3.20. The summed E-state index contributed by atoms with van der Waals surface area (Å²) in [6.45, 7) is 0.372. The zero-order chi connectivity index (χ0) is 20.7. The highest BCUT2D eigenvalue weighted by Crippen LogP contribution is 2.32. The highest BCUT2D eigenvalue weighted by atomic mass is 19.1. The molecular formula is C20H17FN4O4. The maximum Gasteiger partial charge on any atom is 0.262 e. The van der Waals surface area contributed by atoms with Crippen molar-refractivity contribution in [1.82, 2.24) is 15.2 Å². The number of pyridine rings is 1. The normalized spacial score (nSPS) is 18.7. The number of nitrogens with zero attached hydrogens (tertiary/aromatic N) is 3. The molecule has 29 heavy (non-hydrogen) atoms. The van der Waals surface area contributed by atoms with Crippen molar-refractivity contribution in [2.75, 3.05) is 11.9 Å². The lowest BCUT2D eigenvalue weighted by Crippen LogP contribution is -2.54. The molecule has 1 N–H and O–H groups in total. The van der Waals surface area contributed by atoms with Gasteiger partial charge in [-0.15, -0.1) is 0 Å². The minimum absolute atomic E-state index is 0.0259. The quantitative estimate of drug-likeness (QED) is 0.781. The third-order valence-electron chi connectivity index (χ3n) is 5.09. The number of halogens is 1. The molecule has 148 valence electrons. The number of benzene rings is 1. The van der Waals surface area contributed by atoms with Crippen molar-refractivity contribution >= 4 is 29.3 Å². The van der Waals surface area contributed by atoms with Crippen LogP contribution in [0.15, 0.2) is 36.7 Å². The molecule has 4 amide bonds. The summed E-state index contributed by atoms with van der Waals surface area (Å²) in [6.07, 6.45) is 3.33. The number of aromatic nitrogens is 1. The van der Waals surface area contributed by atoms with E-state index in [2.05, 4.69) is 10.3 Å². The first kappa shape index (κ1) is 18.7. The zero-order valence-electron chi connectivity index (χ0n) is 15.5. The summed E-state index contributed by atoms with van der Waals surface area (Å²) in [7, 11) is 1.67. The van der Waals surface area contributed by atoms with Crippen LogP contribution in [0.5, 0.6) is 0 Å². The summed E-state index contributed by atoms with van der Waals surface area (Å²) in [6, 6.07) is 4.86. The predicted molar refractivity (Wildman–Crippen MR) is 99.4 cm³/mol. The third kappa shape index (κ3) is 3.24. The van der Waals surface area contributed by atoms with Crippen molar-refractivity contribution < 1.29 is 23.6 Å². The van der Waals surface area contributed by atoms with Gasteiger partial charge in [0.1, 0.15) is 11.9 Å². The Morgan fingerprint density at radius 1 is 1.14 bits per heavy atom. The largest absolute Gasteiger partial charge is 0.368 e. The molecule has 3 heterocycles. The Balaban J connectivity index is 1.64. The molecule has 0 bridgehead atoms. The standard InChI is InChI=1S/C20H17FN4O4/c1-24(10-11-4-6-22-7-5-11)16-9-13-12(8-14(16)21)19(28)25(20(13)29)15-2-3-17(26)23-18(15)27/h4-9,15H,2-3,10H2,1H3,(H,23,26,27). The van der Waals surface area contributed by atoms with Gasteiger partial charge in [0.2, 0.25) is 11.8 Å². The van der Waals surface area contributed by atoms with Crippen molar-refractivity contribution in [1.29, 1.82) is 0 Å². The second-order valence-corrected chi connectivity index (χ2v) is 7.01. The Labute approximate surface area is 165 Å². The first-order valence-corrected chi connectivity index (χ1v) is 9.02. The fraction of sp³-hybridized carbons (Fsp3) is 0.250. The molecule has 1 fully saturated rings. The number of hydrogen-bond donors (Lipinski definition) is 1. The number of amides is 4. The summed E-state index contributed by atoms with van der Waals surface area (Å²) in [4.78, 5) is 55.4. The fourth-order valence-electron chi connectivity index (χ4n) is 3.62. The highest BCUT2D eigenvalue weighted by Gasteiger charge is 2.45. The van der Waals surface area contributed by atoms with E-state index in [4.69, 9.17) is 0 Å². The number of nitrogens with one attached hydrogen (secondary N) is 1. The van der Waals surface area contributed by atoms with E-state index in [1.807, 2.05) is 0 Å². The predicted octanol–water partition coefficient (Wildman–Crippen LogP) is 1.26. The number of carbonyl (C=O) groups is 4. The van der Waals surface area contributed by atoms with Gasteiger partial charge in [-0.25, -0.2) is 4.39 Å². The van der Waals surface area contributed by atoms with E-state index in [1.165, 1.54) is 6.07 Å². The van der Waals surface area contributed by atoms with E-state index in [0.29, 0.717) is 6.54 Å². The topological polar surface area (TPSA) is 99.7 Å². The van der Waals surface area contributed by atoms with E-state index in [-0.39, 0.29) is 29.7 Å². The van der Waals surface area contributed by atoms with Gasteiger partial charge >= 0.3 is 0 Å². The lowest BCUT2D eigenvalue weighted by molar-refractivity contribution is -0.136. The molecule has 4 rings (SSSR count). The average Bonchev–Trinajstić information content (AvgIpc) is 2.92. The van der Waals surface area contributed by atoms with Crippen LogP contribution >= 0.6 is 0 Å². The Morgan fingerprint density at radius 3 is 2.45 bits per heavy atom. The number of hydrogen-bond acceptors (Lipinski definition) is 6. The van der Waals surface area contributed by atoms with E-state index in [0.717, 1.165) is 16.5 Å². The van der Waals surface area contributed by atoms with Crippen molar-refractivity contribution in [3.63, 3.8) is 0 Å². The smallest absolute Gasteiger partial charge is 0.262 e. The van der Waals surface area contributed by atoms with Crippen LogP contribution in [0.3, 0.4) is 0 Å². The van der Waals surface area contributed by atoms with Gasteiger partial charge in [0.05, 0.1) is 16.8 Å². The molecule has 8 nitrogen and oxygen atoms in total. The lowest BCUT2D eigenvalue weighted by atomic mass is 10.0. The van der Waals surface area contributed by atoms with Crippen LogP contribution < -0.4 is 10.2 Å². The molecule has 2 aliphatic rings. The Morgan fingerprint density at radius 2 is 1.79 bits per heavy atom. The Bertz CT molecular complexity index is 1040. The van der Waals surface area contributed by atoms with Crippen molar-refractivity contribution in [3.05, 3.63) is 59.2 Å². The number of imide groups is 2. The van der Waals surface area contributed by atoms with Crippen LogP contribution in [0.4, 0.5) is 10.1 Å². The van der Waals surface area contributed by atoms with Crippen LogP contribution in [-0.2, 0) is 16.1 Å². The molecule has 0 saturated carbocycles. The maximum atomic E-state index is 14.7. The molecule has 1 aromatic carbocycles. The summed E-state index contributed by atoms with van der Waals surface area (Å²) >= 11 is 0. The van der Waals surface area contributed by atoms with Crippen molar-refractivity contribution in [2.45, 2.75) is 25.4 Å². The van der Waals surface area contributed by atoms with Gasteiger partial charge in [-0.1, -0.05) is 0 Å². The van der Waals surface area contributed by atoms with Crippen molar-refractivity contribution in [3.8, 4) is 0 Å². The second-order valence-electron chi connectivity index (χ2n) is 7.01. The van der Waals surface area contributed by atoms with Gasteiger partial charge in [0, 0.05) is 32.4 Å². The average molecular weight is 396 g/mol. The minimum atomic E-state index is -1.08. The Kier molecular flexibility index (Phi) is 4.57. The number of rotatable bonds is 4. The van der Waals surface area contributed by atoms with Crippen LogP contribution in [0.25, 0.3) is 0 Å². The van der Waals surface area contributed by atoms with E-state index >= 15 is 0 Å². The summed E-state index contributed by atoms with van der Waals surface area (Å²) in [5.41, 5.74) is 1.01. The molecule has 1 unspecified atom stereocenters. The van der Waals surface area contributed by atoms with Crippen LogP contribution in [0, 0.1) is 5.82 Å². The molecule has 0 radical (unpaired) electrons. The highest BCUT2D eigenvalue weighted by molar-refractivity contribution is 6.23. The number of anilines is 1. The van der Waals surface area contributed by atoms with Gasteiger partial charge in [-0.2, -0.15) is 0 Å². The van der Waals surface area contributed by atoms with Crippen molar-refractivity contribution in [2.24, 2.45) is 0 Å². The molecule has 2 aliphatic heterocycles. The molecular weight excluding hydrogens is 379 g/mol. The molecule has 1 aromatic heterocycles. The SMILES string of the molecule is CN(Cc1ccncc1)c1cc2c(cc1F)C(=O)N(C1CCC(=O)NC1=O)C2=O. The van der Waals surface area contributed by atoms with Gasteiger partial charge < -0.3 is 4.90 Å². The monoisotopic (exact) mass is 396 g/mol. The summed E-state index contributed by atoms with van der Waals surface area (Å²) in [5, 5.41) is 2.13. The van der Waals surface area contributed by atoms with E-state index in [1.54, 1.807) is 36.5 Å². The fourth-order valence-corrected chi connectivity index (χ4v) is 3.62. The van der Waals surface area contributed by atoms with Gasteiger partial charge in [-0.3, -0.25) is 34.4 Å². The van der Waals surface area contributed by atoms with Gasteiger partial charge in [-0.05, 0) is 36.2 Å². The third-order valence-corrected chi connectivity index (χ3v) is 5.09. The van der Waals surface area contributed by atoms with Gasteiger partial charge in [0.25, 0.3) is 11.8 Å².